The molecule has 2 rings (SSSR count). The van der Waals surface area contributed by atoms with E-state index in [0.29, 0.717) is 11.1 Å². The molecular formula is C13H5Cl3F3I. The summed E-state index contributed by atoms with van der Waals surface area (Å²) in [6.45, 7) is 0. The van der Waals surface area contributed by atoms with Crippen LogP contribution in [-0.4, -0.2) is 0 Å². The molecule has 0 aromatic heterocycles. The Hall–Kier alpha value is -0.170. The Morgan fingerprint density at radius 3 is 2.00 bits per heavy atom. The average Bonchev–Trinajstić information content (AvgIpc) is 2.34. The topological polar surface area (TPSA) is 0 Å². The first-order chi connectivity index (χ1) is 9.21. The van der Waals surface area contributed by atoms with Crippen LogP contribution < -0.4 is 0 Å². The van der Waals surface area contributed by atoms with E-state index in [1.165, 1.54) is 18.2 Å². The van der Waals surface area contributed by atoms with Crippen LogP contribution in [0.1, 0.15) is 5.56 Å². The van der Waals surface area contributed by atoms with Gasteiger partial charge in [-0.15, -0.1) is 0 Å². The molecule has 0 spiro atoms. The summed E-state index contributed by atoms with van der Waals surface area (Å²) in [5.74, 6) is 0. The van der Waals surface area contributed by atoms with Gasteiger partial charge in [0.2, 0.25) is 0 Å². The summed E-state index contributed by atoms with van der Waals surface area (Å²) in [6.07, 6.45) is -4.41. The van der Waals surface area contributed by atoms with Gasteiger partial charge in [0.25, 0.3) is 0 Å². The molecule has 0 amide bonds. The molecule has 0 N–H and O–H groups in total. The third-order valence-corrected chi connectivity index (χ3v) is 4.96. The largest absolute Gasteiger partial charge is 0.417 e. The Labute approximate surface area is 142 Å². The van der Waals surface area contributed by atoms with Gasteiger partial charge in [0.15, 0.2) is 0 Å². The maximum absolute atomic E-state index is 12.9. The van der Waals surface area contributed by atoms with Crippen LogP contribution in [0.5, 0.6) is 0 Å². The Morgan fingerprint density at radius 1 is 0.950 bits per heavy atom. The number of hydrogen-bond acceptors (Lipinski definition) is 0. The summed E-state index contributed by atoms with van der Waals surface area (Å²) in [6, 6.07) is 6.94. The Balaban J connectivity index is 2.66. The van der Waals surface area contributed by atoms with Crippen molar-refractivity contribution >= 4 is 57.4 Å². The lowest BCUT2D eigenvalue weighted by Crippen LogP contribution is -2.08. The van der Waals surface area contributed by atoms with Crippen molar-refractivity contribution in [2.75, 3.05) is 0 Å². The number of benzene rings is 2. The molecule has 7 heteroatoms. The first-order valence-electron chi connectivity index (χ1n) is 5.22. The SMILES string of the molecule is FC(F)(F)c1cccc(-c2cc(Cl)c(Cl)c(Cl)c2)c1I. The number of halogens is 7. The van der Waals surface area contributed by atoms with Gasteiger partial charge >= 0.3 is 6.18 Å². The minimum Gasteiger partial charge on any atom is -0.166 e. The standard InChI is InChI=1S/C13H5Cl3F3I/c14-9-4-6(5-10(15)11(9)16)7-2-1-3-8(12(7)20)13(17,18)19/h1-5H. The van der Waals surface area contributed by atoms with Crippen molar-refractivity contribution in [3.63, 3.8) is 0 Å². The van der Waals surface area contributed by atoms with E-state index in [4.69, 9.17) is 34.8 Å². The Kier molecular flexibility index (Phi) is 4.79. The number of hydrogen-bond donors (Lipinski definition) is 0. The summed E-state index contributed by atoms with van der Waals surface area (Å²) in [5, 5.41) is 0.573. The van der Waals surface area contributed by atoms with E-state index in [0.717, 1.165) is 6.07 Å². The molecule has 20 heavy (non-hydrogen) atoms. The van der Waals surface area contributed by atoms with Gasteiger partial charge in [-0.3, -0.25) is 0 Å². The lowest BCUT2D eigenvalue weighted by molar-refractivity contribution is -0.138. The zero-order valence-electron chi connectivity index (χ0n) is 9.53. The highest BCUT2D eigenvalue weighted by Crippen LogP contribution is 2.40. The van der Waals surface area contributed by atoms with Gasteiger partial charge < -0.3 is 0 Å². The minimum atomic E-state index is -4.41. The third-order valence-electron chi connectivity index (χ3n) is 2.60. The summed E-state index contributed by atoms with van der Waals surface area (Å²) in [4.78, 5) is 0. The molecule has 2 aromatic carbocycles. The van der Waals surface area contributed by atoms with Crippen LogP contribution in [0.3, 0.4) is 0 Å². The molecule has 0 atom stereocenters. The van der Waals surface area contributed by atoms with Crippen molar-refractivity contribution in [1.82, 2.24) is 0 Å². The molecule has 106 valence electrons. The molecule has 0 fully saturated rings. The molecule has 0 saturated carbocycles. The molecule has 0 aliphatic carbocycles. The highest BCUT2D eigenvalue weighted by molar-refractivity contribution is 14.1. The van der Waals surface area contributed by atoms with Crippen LogP contribution in [0, 0.1) is 3.57 Å². The van der Waals surface area contributed by atoms with Crippen LogP contribution in [0.25, 0.3) is 11.1 Å². The smallest absolute Gasteiger partial charge is 0.166 e. The molecule has 0 aliphatic rings. The molecule has 0 heterocycles. The zero-order valence-corrected chi connectivity index (χ0v) is 14.0. The van der Waals surface area contributed by atoms with E-state index < -0.39 is 11.7 Å². The summed E-state index contributed by atoms with van der Waals surface area (Å²) >= 11 is 19.3. The fourth-order valence-electron chi connectivity index (χ4n) is 1.68. The van der Waals surface area contributed by atoms with Crippen LogP contribution in [-0.2, 0) is 6.18 Å². The number of alkyl halides is 3. The zero-order chi connectivity index (χ0) is 15.1. The van der Waals surface area contributed by atoms with Crippen LogP contribution >= 0.6 is 57.4 Å². The predicted octanol–water partition coefficient (Wildman–Crippen LogP) is 6.94. The summed E-state index contributed by atoms with van der Waals surface area (Å²) in [7, 11) is 0. The van der Waals surface area contributed by atoms with Crippen LogP contribution in [0.2, 0.25) is 15.1 Å². The third kappa shape index (κ3) is 3.18. The normalized spacial score (nSPS) is 11.8. The van der Waals surface area contributed by atoms with Gasteiger partial charge in [0.1, 0.15) is 0 Å². The quantitative estimate of drug-likeness (QED) is 0.326. The van der Waals surface area contributed by atoms with Gasteiger partial charge in [-0.25, -0.2) is 0 Å². The van der Waals surface area contributed by atoms with Crippen molar-refractivity contribution in [1.29, 1.82) is 0 Å². The van der Waals surface area contributed by atoms with Crippen molar-refractivity contribution in [2.24, 2.45) is 0 Å². The predicted molar refractivity (Wildman–Crippen MR) is 84.6 cm³/mol. The minimum absolute atomic E-state index is 0.0899. The van der Waals surface area contributed by atoms with Gasteiger partial charge in [-0.1, -0.05) is 46.9 Å². The molecule has 0 saturated heterocycles. The van der Waals surface area contributed by atoms with Gasteiger partial charge in [-0.05, 0) is 51.9 Å². The highest BCUT2D eigenvalue weighted by Gasteiger charge is 2.33. The van der Waals surface area contributed by atoms with Gasteiger partial charge in [0, 0.05) is 3.57 Å². The van der Waals surface area contributed by atoms with Crippen molar-refractivity contribution < 1.29 is 13.2 Å². The maximum Gasteiger partial charge on any atom is 0.417 e. The fourth-order valence-corrected chi connectivity index (χ4v) is 3.26. The molecule has 0 unspecified atom stereocenters. The lowest BCUT2D eigenvalue weighted by atomic mass is 10.0. The number of rotatable bonds is 1. The van der Waals surface area contributed by atoms with Gasteiger partial charge in [0.05, 0.1) is 20.6 Å². The van der Waals surface area contributed by atoms with Crippen molar-refractivity contribution in [3.8, 4) is 11.1 Å². The van der Waals surface area contributed by atoms with E-state index in [9.17, 15) is 13.2 Å². The van der Waals surface area contributed by atoms with Crippen molar-refractivity contribution in [2.45, 2.75) is 6.18 Å². The van der Waals surface area contributed by atoms with Gasteiger partial charge in [-0.2, -0.15) is 13.2 Å². The molecule has 2 aromatic rings. The second-order valence-electron chi connectivity index (χ2n) is 3.92. The average molecular weight is 451 g/mol. The van der Waals surface area contributed by atoms with E-state index in [1.54, 1.807) is 28.7 Å². The van der Waals surface area contributed by atoms with E-state index >= 15 is 0 Å². The fraction of sp³-hybridized carbons (Fsp3) is 0.0769. The molecule has 0 nitrogen and oxygen atoms in total. The first kappa shape index (κ1) is 16.2. The summed E-state index contributed by atoms with van der Waals surface area (Å²) in [5.41, 5.74) is 0.193. The van der Waals surface area contributed by atoms with Crippen LogP contribution in [0.4, 0.5) is 13.2 Å². The molecule has 0 aliphatic heterocycles. The second-order valence-corrected chi connectivity index (χ2v) is 6.19. The second kappa shape index (κ2) is 5.91. The summed E-state index contributed by atoms with van der Waals surface area (Å²) < 4.78 is 38.8. The maximum atomic E-state index is 12.9. The van der Waals surface area contributed by atoms with E-state index in [2.05, 4.69) is 0 Å². The molecule has 0 bridgehead atoms. The monoisotopic (exact) mass is 450 g/mol. The Bertz CT molecular complexity index is 645. The van der Waals surface area contributed by atoms with E-state index in [-0.39, 0.29) is 18.6 Å². The Morgan fingerprint density at radius 2 is 1.50 bits per heavy atom. The molecule has 0 radical (unpaired) electrons. The first-order valence-corrected chi connectivity index (χ1v) is 7.43. The molecular weight excluding hydrogens is 446 g/mol. The van der Waals surface area contributed by atoms with Crippen molar-refractivity contribution in [3.05, 3.63) is 54.5 Å². The highest BCUT2D eigenvalue weighted by atomic mass is 127. The van der Waals surface area contributed by atoms with Crippen LogP contribution in [0.15, 0.2) is 30.3 Å². The lowest BCUT2D eigenvalue weighted by Gasteiger charge is -2.13. The van der Waals surface area contributed by atoms with E-state index in [1.807, 2.05) is 0 Å².